The first-order valence-electron chi connectivity index (χ1n) is 7.18. The molecule has 0 aromatic heterocycles. The lowest BCUT2D eigenvalue weighted by Gasteiger charge is -2.36. The van der Waals surface area contributed by atoms with Gasteiger partial charge in [-0.15, -0.1) is 0 Å². The molecule has 0 spiro atoms. The molecular formula is C15H23FN2O2S. The Morgan fingerprint density at radius 1 is 1.48 bits per heavy atom. The van der Waals surface area contributed by atoms with Gasteiger partial charge < -0.3 is 5.73 Å². The molecule has 118 valence electrons. The van der Waals surface area contributed by atoms with E-state index in [1.54, 1.807) is 6.07 Å². The minimum Gasteiger partial charge on any atom is -0.322 e. The van der Waals surface area contributed by atoms with Gasteiger partial charge >= 0.3 is 0 Å². The van der Waals surface area contributed by atoms with Crippen molar-refractivity contribution in [3.05, 3.63) is 35.6 Å². The van der Waals surface area contributed by atoms with Gasteiger partial charge in [0.1, 0.15) is 5.82 Å². The van der Waals surface area contributed by atoms with Crippen LogP contribution >= 0.6 is 0 Å². The average Bonchev–Trinajstić information content (AvgIpc) is 2.37. The van der Waals surface area contributed by atoms with Crippen molar-refractivity contribution in [1.29, 1.82) is 0 Å². The number of hydrogen-bond acceptors (Lipinski definition) is 3. The zero-order chi connectivity index (χ0) is 15.7. The van der Waals surface area contributed by atoms with Crippen molar-refractivity contribution in [2.45, 2.75) is 31.7 Å². The van der Waals surface area contributed by atoms with E-state index < -0.39 is 15.6 Å². The molecule has 2 rings (SSSR count). The van der Waals surface area contributed by atoms with Crippen molar-refractivity contribution in [3.8, 4) is 0 Å². The highest BCUT2D eigenvalue weighted by Crippen LogP contribution is 2.31. The van der Waals surface area contributed by atoms with E-state index in [0.29, 0.717) is 19.5 Å². The highest BCUT2D eigenvalue weighted by atomic mass is 32.2. The second-order valence-electron chi connectivity index (χ2n) is 6.26. The topological polar surface area (TPSA) is 63.4 Å². The molecule has 1 aromatic carbocycles. The summed E-state index contributed by atoms with van der Waals surface area (Å²) in [5, 5.41) is 0. The van der Waals surface area contributed by atoms with Gasteiger partial charge in [-0.3, -0.25) is 0 Å². The van der Waals surface area contributed by atoms with Gasteiger partial charge in [0.05, 0.1) is 6.26 Å². The zero-order valence-corrected chi connectivity index (χ0v) is 13.4. The summed E-state index contributed by atoms with van der Waals surface area (Å²) < 4.78 is 38.2. The van der Waals surface area contributed by atoms with E-state index in [9.17, 15) is 12.8 Å². The zero-order valence-electron chi connectivity index (χ0n) is 12.5. The largest absolute Gasteiger partial charge is 0.322 e. The lowest BCUT2D eigenvalue weighted by Crippen LogP contribution is -2.43. The van der Waals surface area contributed by atoms with Crippen LogP contribution in [0.5, 0.6) is 0 Å². The molecule has 21 heavy (non-hydrogen) atoms. The molecule has 0 aliphatic carbocycles. The normalized spacial score (nSPS) is 23.7. The third kappa shape index (κ3) is 4.25. The molecule has 2 atom stereocenters. The second kappa shape index (κ2) is 6.02. The molecule has 2 unspecified atom stereocenters. The Balaban J connectivity index is 2.09. The molecule has 1 aliphatic rings. The average molecular weight is 314 g/mol. The monoisotopic (exact) mass is 314 g/mol. The van der Waals surface area contributed by atoms with Gasteiger partial charge in [0.2, 0.25) is 10.0 Å². The summed E-state index contributed by atoms with van der Waals surface area (Å²) in [4.78, 5) is 0. The number of nitrogens with zero attached hydrogens (tertiary/aromatic N) is 1. The van der Waals surface area contributed by atoms with Crippen molar-refractivity contribution in [2.24, 2.45) is 11.7 Å². The third-order valence-electron chi connectivity index (χ3n) is 4.15. The Kier molecular flexibility index (Phi) is 4.70. The predicted molar refractivity (Wildman–Crippen MR) is 81.7 cm³/mol. The van der Waals surface area contributed by atoms with E-state index in [0.717, 1.165) is 18.4 Å². The first-order chi connectivity index (χ1) is 9.68. The van der Waals surface area contributed by atoms with E-state index in [1.165, 1.54) is 22.7 Å². The van der Waals surface area contributed by atoms with Crippen molar-refractivity contribution < 1.29 is 12.8 Å². The van der Waals surface area contributed by atoms with Crippen LogP contribution in [0.15, 0.2) is 24.3 Å². The molecule has 0 amide bonds. The lowest BCUT2D eigenvalue weighted by molar-refractivity contribution is 0.221. The summed E-state index contributed by atoms with van der Waals surface area (Å²) in [7, 11) is -3.15. The van der Waals surface area contributed by atoms with E-state index in [4.69, 9.17) is 5.73 Å². The van der Waals surface area contributed by atoms with Crippen LogP contribution in [0, 0.1) is 11.7 Å². The maximum Gasteiger partial charge on any atom is 0.211 e. The summed E-state index contributed by atoms with van der Waals surface area (Å²) in [6.45, 7) is 2.96. The number of piperidine rings is 1. The Hall–Kier alpha value is -0.980. The van der Waals surface area contributed by atoms with Crippen LogP contribution in [0.4, 0.5) is 4.39 Å². The molecule has 1 heterocycles. The number of benzene rings is 1. The van der Waals surface area contributed by atoms with Gasteiger partial charge in [0.25, 0.3) is 0 Å². The highest BCUT2D eigenvalue weighted by molar-refractivity contribution is 7.88. The number of hydrogen-bond donors (Lipinski definition) is 1. The van der Waals surface area contributed by atoms with E-state index in [2.05, 4.69) is 0 Å². The predicted octanol–water partition coefficient (Wildman–Crippen LogP) is 2.06. The molecule has 1 fully saturated rings. The molecule has 1 saturated heterocycles. The van der Waals surface area contributed by atoms with Gasteiger partial charge in [-0.25, -0.2) is 17.1 Å². The first kappa shape index (κ1) is 16.4. The fourth-order valence-corrected chi connectivity index (χ4v) is 4.00. The van der Waals surface area contributed by atoms with Crippen LogP contribution in [-0.2, 0) is 15.6 Å². The van der Waals surface area contributed by atoms with Crippen molar-refractivity contribution >= 4 is 10.0 Å². The first-order valence-corrected chi connectivity index (χ1v) is 9.03. The minimum atomic E-state index is -3.15. The van der Waals surface area contributed by atoms with E-state index in [1.807, 2.05) is 13.0 Å². The number of nitrogens with two attached hydrogens (primary N) is 1. The summed E-state index contributed by atoms with van der Waals surface area (Å²) in [5.41, 5.74) is 6.45. The summed E-state index contributed by atoms with van der Waals surface area (Å²) >= 11 is 0. The molecule has 1 aliphatic heterocycles. The SMILES string of the molecule is CC(N)(CC1CCCN(S(C)(=O)=O)C1)c1cccc(F)c1. The van der Waals surface area contributed by atoms with Gasteiger partial charge in [-0.2, -0.15) is 0 Å². The maximum absolute atomic E-state index is 13.4. The molecule has 1 aromatic rings. The van der Waals surface area contributed by atoms with Crippen LogP contribution < -0.4 is 5.73 Å². The van der Waals surface area contributed by atoms with Gasteiger partial charge in [0.15, 0.2) is 0 Å². The Labute approximate surface area is 126 Å². The molecule has 4 nitrogen and oxygen atoms in total. The van der Waals surface area contributed by atoms with Crippen molar-refractivity contribution in [3.63, 3.8) is 0 Å². The third-order valence-corrected chi connectivity index (χ3v) is 5.42. The fourth-order valence-electron chi connectivity index (χ4n) is 3.06. The van der Waals surface area contributed by atoms with E-state index in [-0.39, 0.29) is 11.7 Å². The van der Waals surface area contributed by atoms with Crippen LogP contribution in [0.1, 0.15) is 31.7 Å². The summed E-state index contributed by atoms with van der Waals surface area (Å²) in [6, 6.07) is 6.32. The second-order valence-corrected chi connectivity index (χ2v) is 8.24. The number of rotatable bonds is 4. The summed E-state index contributed by atoms with van der Waals surface area (Å²) in [6.07, 6.45) is 3.68. The Bertz CT molecular complexity index is 601. The number of halogens is 1. The Morgan fingerprint density at radius 3 is 2.81 bits per heavy atom. The fraction of sp³-hybridized carbons (Fsp3) is 0.600. The molecule has 0 saturated carbocycles. The quantitative estimate of drug-likeness (QED) is 0.925. The van der Waals surface area contributed by atoms with Crippen molar-refractivity contribution in [1.82, 2.24) is 4.31 Å². The molecule has 6 heteroatoms. The molecule has 2 N–H and O–H groups in total. The standard InChI is InChI=1S/C15H23FN2O2S/c1-15(17,13-6-3-7-14(16)9-13)10-12-5-4-8-18(11-12)21(2,19)20/h3,6-7,9,12H,4-5,8,10-11,17H2,1-2H3. The molecule has 0 bridgehead atoms. The van der Waals surface area contributed by atoms with E-state index >= 15 is 0 Å². The van der Waals surface area contributed by atoms with Crippen LogP contribution in [-0.4, -0.2) is 32.1 Å². The highest BCUT2D eigenvalue weighted by Gasteiger charge is 2.31. The summed E-state index contributed by atoms with van der Waals surface area (Å²) in [5.74, 6) is -0.0997. The maximum atomic E-state index is 13.4. The van der Waals surface area contributed by atoms with Crippen molar-refractivity contribution in [2.75, 3.05) is 19.3 Å². The van der Waals surface area contributed by atoms with Crippen LogP contribution in [0.25, 0.3) is 0 Å². The molecular weight excluding hydrogens is 291 g/mol. The van der Waals surface area contributed by atoms with Crippen LogP contribution in [0.2, 0.25) is 0 Å². The smallest absolute Gasteiger partial charge is 0.211 e. The minimum absolute atomic E-state index is 0.201. The van der Waals surface area contributed by atoms with Crippen LogP contribution in [0.3, 0.4) is 0 Å². The van der Waals surface area contributed by atoms with Gasteiger partial charge in [-0.1, -0.05) is 12.1 Å². The van der Waals surface area contributed by atoms with Gasteiger partial charge in [0, 0.05) is 18.6 Å². The van der Waals surface area contributed by atoms with Gasteiger partial charge in [-0.05, 0) is 49.8 Å². The number of sulfonamides is 1. The molecule has 0 radical (unpaired) electrons. The Morgan fingerprint density at radius 2 is 2.19 bits per heavy atom. The lowest BCUT2D eigenvalue weighted by atomic mass is 9.81.